The first kappa shape index (κ1) is 19.7. The standard InChI is InChI=1S/C20H30N6O/c1-16-14-19(17-4-2-3-5-18(17)24-16)25-20(27)15-26-12-10-22-8-6-21-7-9-23-11-13-26/h2-5,14,21-23H,6-13,15H2,1H3,(H,24,25,27). The van der Waals surface area contributed by atoms with Crippen molar-refractivity contribution in [2.24, 2.45) is 0 Å². The van der Waals surface area contributed by atoms with Gasteiger partial charge in [-0.2, -0.15) is 0 Å². The number of pyridine rings is 1. The third-order valence-corrected chi connectivity index (χ3v) is 4.65. The SMILES string of the molecule is Cc1cc(NC(=O)CN2CCNCCNCCNCC2)c2ccccc2n1. The molecule has 1 aromatic carbocycles. The normalized spacial score (nSPS) is 17.8. The first-order valence-electron chi connectivity index (χ1n) is 9.73. The van der Waals surface area contributed by atoms with Crippen molar-refractivity contribution in [3.05, 3.63) is 36.0 Å². The molecule has 0 saturated carbocycles. The topological polar surface area (TPSA) is 81.3 Å². The number of rotatable bonds is 3. The van der Waals surface area contributed by atoms with Gasteiger partial charge in [-0.25, -0.2) is 0 Å². The maximum atomic E-state index is 12.7. The molecular formula is C20H30N6O. The Balaban J connectivity index is 1.61. The van der Waals surface area contributed by atoms with E-state index in [2.05, 4.69) is 31.2 Å². The van der Waals surface area contributed by atoms with Crippen molar-refractivity contribution in [1.29, 1.82) is 0 Å². The second-order valence-corrected chi connectivity index (χ2v) is 6.90. The van der Waals surface area contributed by atoms with Crippen LogP contribution in [0, 0.1) is 6.92 Å². The zero-order valence-corrected chi connectivity index (χ0v) is 16.1. The lowest BCUT2D eigenvalue weighted by Gasteiger charge is -2.23. The van der Waals surface area contributed by atoms with Crippen LogP contribution in [0.5, 0.6) is 0 Å². The van der Waals surface area contributed by atoms with E-state index >= 15 is 0 Å². The van der Waals surface area contributed by atoms with Gasteiger partial charge in [-0.1, -0.05) is 18.2 Å². The molecule has 7 heteroatoms. The van der Waals surface area contributed by atoms with Crippen molar-refractivity contribution in [3.8, 4) is 0 Å². The summed E-state index contributed by atoms with van der Waals surface area (Å²) in [5, 5.41) is 14.3. The van der Waals surface area contributed by atoms with Crippen LogP contribution < -0.4 is 21.3 Å². The molecule has 0 atom stereocenters. The Morgan fingerprint density at radius 1 is 1.04 bits per heavy atom. The number of hydrogen-bond donors (Lipinski definition) is 4. The van der Waals surface area contributed by atoms with Gasteiger partial charge < -0.3 is 21.3 Å². The van der Waals surface area contributed by atoms with E-state index in [9.17, 15) is 4.79 Å². The minimum atomic E-state index is 0.0134. The molecular weight excluding hydrogens is 340 g/mol. The molecule has 3 rings (SSSR count). The minimum absolute atomic E-state index is 0.0134. The highest BCUT2D eigenvalue weighted by atomic mass is 16.2. The van der Waals surface area contributed by atoms with Crippen molar-refractivity contribution < 1.29 is 4.79 Å². The van der Waals surface area contributed by atoms with Gasteiger partial charge in [0.25, 0.3) is 0 Å². The molecule has 146 valence electrons. The first-order chi connectivity index (χ1) is 13.2. The Labute approximate surface area is 160 Å². The summed E-state index contributed by atoms with van der Waals surface area (Å²) in [5.74, 6) is 0.0134. The highest BCUT2D eigenvalue weighted by molar-refractivity contribution is 6.01. The molecule has 0 aliphatic carbocycles. The number of aromatic nitrogens is 1. The molecule has 4 N–H and O–H groups in total. The maximum Gasteiger partial charge on any atom is 0.238 e. The Morgan fingerprint density at radius 2 is 1.67 bits per heavy atom. The van der Waals surface area contributed by atoms with Gasteiger partial charge in [0.2, 0.25) is 5.91 Å². The van der Waals surface area contributed by atoms with E-state index in [1.807, 2.05) is 37.3 Å². The summed E-state index contributed by atoms with van der Waals surface area (Å²) in [6.07, 6.45) is 0. The van der Waals surface area contributed by atoms with Gasteiger partial charge in [0.15, 0.2) is 0 Å². The third kappa shape index (κ3) is 6.25. The van der Waals surface area contributed by atoms with Crippen LogP contribution in [-0.2, 0) is 4.79 Å². The third-order valence-electron chi connectivity index (χ3n) is 4.65. The summed E-state index contributed by atoms with van der Waals surface area (Å²) in [7, 11) is 0. The van der Waals surface area contributed by atoms with E-state index in [0.29, 0.717) is 6.54 Å². The van der Waals surface area contributed by atoms with Gasteiger partial charge in [-0.05, 0) is 19.1 Å². The van der Waals surface area contributed by atoms with Crippen molar-refractivity contribution in [3.63, 3.8) is 0 Å². The monoisotopic (exact) mass is 370 g/mol. The van der Waals surface area contributed by atoms with E-state index < -0.39 is 0 Å². The Kier molecular flexibility index (Phi) is 7.53. The fourth-order valence-electron chi connectivity index (χ4n) is 3.28. The number of carbonyl (C=O) groups is 1. The van der Waals surface area contributed by atoms with E-state index in [0.717, 1.165) is 74.6 Å². The van der Waals surface area contributed by atoms with Crippen molar-refractivity contribution in [2.45, 2.75) is 6.92 Å². The van der Waals surface area contributed by atoms with Gasteiger partial charge in [-0.15, -0.1) is 0 Å². The molecule has 0 radical (unpaired) electrons. The molecule has 1 fully saturated rings. The lowest BCUT2D eigenvalue weighted by Crippen LogP contribution is -2.44. The predicted octanol–water partition coefficient (Wildman–Crippen LogP) is 0.566. The summed E-state index contributed by atoms with van der Waals surface area (Å²) < 4.78 is 0. The highest BCUT2D eigenvalue weighted by Gasteiger charge is 2.13. The fraction of sp³-hybridized carbons (Fsp3) is 0.500. The van der Waals surface area contributed by atoms with Gasteiger partial charge in [-0.3, -0.25) is 14.7 Å². The number of hydrogen-bond acceptors (Lipinski definition) is 6. The van der Waals surface area contributed by atoms with E-state index in [-0.39, 0.29) is 5.91 Å². The van der Waals surface area contributed by atoms with Crippen LogP contribution in [0.3, 0.4) is 0 Å². The number of nitrogens with one attached hydrogen (secondary N) is 4. The number of anilines is 1. The molecule has 27 heavy (non-hydrogen) atoms. The van der Waals surface area contributed by atoms with Gasteiger partial charge in [0.1, 0.15) is 0 Å². The summed E-state index contributed by atoms with van der Waals surface area (Å²) in [5.41, 5.74) is 2.64. The first-order valence-corrected chi connectivity index (χ1v) is 9.73. The molecule has 0 unspecified atom stereocenters. The maximum absolute atomic E-state index is 12.7. The number of para-hydroxylation sites is 1. The summed E-state index contributed by atoms with van der Waals surface area (Å²) >= 11 is 0. The average Bonchev–Trinajstić information content (AvgIpc) is 2.64. The number of carbonyl (C=O) groups excluding carboxylic acids is 1. The van der Waals surface area contributed by atoms with Crippen LogP contribution in [-0.4, -0.2) is 74.7 Å². The number of amides is 1. The fourth-order valence-corrected chi connectivity index (χ4v) is 3.28. The predicted molar refractivity (Wildman–Crippen MR) is 110 cm³/mol. The van der Waals surface area contributed by atoms with E-state index in [4.69, 9.17) is 0 Å². The molecule has 1 amide bonds. The molecule has 1 aliphatic rings. The molecule has 2 heterocycles. The van der Waals surface area contributed by atoms with Crippen molar-refractivity contribution >= 4 is 22.5 Å². The zero-order chi connectivity index (χ0) is 18.9. The Morgan fingerprint density at radius 3 is 2.37 bits per heavy atom. The largest absolute Gasteiger partial charge is 0.324 e. The molecule has 1 aliphatic heterocycles. The van der Waals surface area contributed by atoms with Crippen molar-refractivity contribution in [1.82, 2.24) is 25.8 Å². The molecule has 7 nitrogen and oxygen atoms in total. The lowest BCUT2D eigenvalue weighted by atomic mass is 10.1. The quantitative estimate of drug-likeness (QED) is 0.632. The molecule has 1 saturated heterocycles. The minimum Gasteiger partial charge on any atom is -0.324 e. The molecule has 2 aromatic rings. The van der Waals surface area contributed by atoms with Crippen LogP contribution in [0.2, 0.25) is 0 Å². The van der Waals surface area contributed by atoms with Crippen LogP contribution in [0.1, 0.15) is 5.69 Å². The van der Waals surface area contributed by atoms with Crippen LogP contribution >= 0.6 is 0 Å². The summed E-state index contributed by atoms with van der Waals surface area (Å²) in [6.45, 7) is 9.63. The van der Waals surface area contributed by atoms with Crippen LogP contribution in [0.25, 0.3) is 10.9 Å². The molecule has 1 aromatic heterocycles. The van der Waals surface area contributed by atoms with E-state index in [1.165, 1.54) is 0 Å². The Hall–Kier alpha value is -2.06. The van der Waals surface area contributed by atoms with Crippen molar-refractivity contribution in [2.75, 3.05) is 64.2 Å². The molecule has 0 bridgehead atoms. The lowest BCUT2D eigenvalue weighted by molar-refractivity contribution is -0.117. The highest BCUT2D eigenvalue weighted by Crippen LogP contribution is 2.22. The molecule has 0 spiro atoms. The zero-order valence-electron chi connectivity index (χ0n) is 16.1. The number of fused-ring (bicyclic) bond motifs is 1. The van der Waals surface area contributed by atoms with Crippen LogP contribution in [0.4, 0.5) is 5.69 Å². The van der Waals surface area contributed by atoms with Gasteiger partial charge >= 0.3 is 0 Å². The van der Waals surface area contributed by atoms with Gasteiger partial charge in [0.05, 0.1) is 17.7 Å². The average molecular weight is 371 g/mol. The second-order valence-electron chi connectivity index (χ2n) is 6.90. The number of benzene rings is 1. The smallest absolute Gasteiger partial charge is 0.238 e. The summed E-state index contributed by atoms with van der Waals surface area (Å²) in [6, 6.07) is 9.84. The number of aryl methyl sites for hydroxylation is 1. The summed E-state index contributed by atoms with van der Waals surface area (Å²) in [4.78, 5) is 19.4. The van der Waals surface area contributed by atoms with Gasteiger partial charge in [0, 0.05) is 63.4 Å². The van der Waals surface area contributed by atoms with E-state index in [1.54, 1.807) is 0 Å². The Bertz CT molecular complexity index is 738. The second kappa shape index (κ2) is 10.3. The number of nitrogens with zero attached hydrogens (tertiary/aromatic N) is 2. The van der Waals surface area contributed by atoms with Crippen LogP contribution in [0.15, 0.2) is 30.3 Å².